The van der Waals surface area contributed by atoms with Crippen LogP contribution in [0.5, 0.6) is 0 Å². The number of thioether (sulfide) groups is 1. The number of hydrogen-bond acceptors (Lipinski definition) is 5. The Hall–Kier alpha value is -1.86. The SMILES string of the molecule is O=C(c1cc(-c2ccc(F)cc2)on1)N1CCSC2COCCC21. The number of ether oxygens (including phenoxy) is 1. The van der Waals surface area contributed by atoms with Gasteiger partial charge < -0.3 is 14.2 Å². The van der Waals surface area contributed by atoms with Gasteiger partial charge in [-0.2, -0.15) is 11.8 Å². The van der Waals surface area contributed by atoms with Crippen LogP contribution in [0.25, 0.3) is 11.3 Å². The molecule has 0 spiro atoms. The van der Waals surface area contributed by atoms with Crippen molar-refractivity contribution in [3.8, 4) is 11.3 Å². The molecule has 2 aromatic rings. The van der Waals surface area contributed by atoms with E-state index in [1.54, 1.807) is 18.2 Å². The molecule has 5 nitrogen and oxygen atoms in total. The molecule has 2 atom stereocenters. The predicted molar refractivity (Wildman–Crippen MR) is 88.4 cm³/mol. The summed E-state index contributed by atoms with van der Waals surface area (Å²) in [5, 5.41) is 4.26. The maximum Gasteiger partial charge on any atom is 0.276 e. The minimum Gasteiger partial charge on any atom is -0.380 e. The Labute approximate surface area is 143 Å². The van der Waals surface area contributed by atoms with Gasteiger partial charge in [-0.3, -0.25) is 4.79 Å². The first-order valence-corrected chi connectivity index (χ1v) is 9.00. The second-order valence-electron chi connectivity index (χ2n) is 5.92. The smallest absolute Gasteiger partial charge is 0.276 e. The summed E-state index contributed by atoms with van der Waals surface area (Å²) in [6.45, 7) is 2.09. The van der Waals surface area contributed by atoms with Gasteiger partial charge >= 0.3 is 0 Å². The molecule has 126 valence electrons. The molecule has 0 saturated carbocycles. The number of carbonyl (C=O) groups is 1. The lowest BCUT2D eigenvalue weighted by atomic mass is 10.1. The molecule has 2 fully saturated rings. The summed E-state index contributed by atoms with van der Waals surface area (Å²) in [6, 6.07) is 7.75. The van der Waals surface area contributed by atoms with Crippen molar-refractivity contribution in [1.29, 1.82) is 0 Å². The third-order valence-corrected chi connectivity index (χ3v) is 5.75. The molecule has 0 N–H and O–H groups in total. The minimum absolute atomic E-state index is 0.107. The van der Waals surface area contributed by atoms with Crippen LogP contribution in [0.15, 0.2) is 34.9 Å². The van der Waals surface area contributed by atoms with Crippen LogP contribution >= 0.6 is 11.8 Å². The summed E-state index contributed by atoms with van der Waals surface area (Å²) in [4.78, 5) is 14.7. The molecule has 1 amide bonds. The molecule has 7 heteroatoms. The number of rotatable bonds is 2. The molecule has 2 saturated heterocycles. The molecule has 0 aliphatic carbocycles. The number of hydrogen-bond donors (Lipinski definition) is 0. The van der Waals surface area contributed by atoms with Crippen LogP contribution in [-0.2, 0) is 4.74 Å². The summed E-state index contributed by atoms with van der Waals surface area (Å²) in [7, 11) is 0. The lowest BCUT2D eigenvalue weighted by molar-refractivity contribution is 0.0313. The normalized spacial score (nSPS) is 23.8. The van der Waals surface area contributed by atoms with Crippen molar-refractivity contribution < 1.29 is 18.4 Å². The van der Waals surface area contributed by atoms with E-state index in [0.717, 1.165) is 12.2 Å². The van der Waals surface area contributed by atoms with Crippen molar-refractivity contribution in [2.45, 2.75) is 17.7 Å². The van der Waals surface area contributed by atoms with Crippen LogP contribution in [0, 0.1) is 5.82 Å². The lowest BCUT2D eigenvalue weighted by Gasteiger charge is -2.43. The molecule has 4 rings (SSSR count). The first kappa shape index (κ1) is 15.7. The topological polar surface area (TPSA) is 55.6 Å². The highest BCUT2D eigenvalue weighted by Gasteiger charge is 2.38. The van der Waals surface area contributed by atoms with Gasteiger partial charge in [-0.1, -0.05) is 5.16 Å². The van der Waals surface area contributed by atoms with Gasteiger partial charge in [-0.25, -0.2) is 4.39 Å². The zero-order valence-electron chi connectivity index (χ0n) is 13.0. The number of amides is 1. The van der Waals surface area contributed by atoms with Crippen LogP contribution in [0.2, 0.25) is 0 Å². The van der Waals surface area contributed by atoms with Crippen LogP contribution in [0.1, 0.15) is 16.9 Å². The number of halogens is 1. The van der Waals surface area contributed by atoms with Crippen molar-refractivity contribution in [3.63, 3.8) is 0 Å². The van der Waals surface area contributed by atoms with E-state index in [1.807, 2.05) is 16.7 Å². The largest absolute Gasteiger partial charge is 0.380 e. The Morgan fingerprint density at radius 2 is 2.17 bits per heavy atom. The van der Waals surface area contributed by atoms with Gasteiger partial charge in [0, 0.05) is 41.8 Å². The minimum atomic E-state index is -0.314. The molecule has 3 heterocycles. The van der Waals surface area contributed by atoms with Gasteiger partial charge in [0.1, 0.15) is 5.82 Å². The molecular weight excluding hydrogens is 331 g/mol. The maximum atomic E-state index is 13.0. The van der Waals surface area contributed by atoms with Crippen molar-refractivity contribution in [3.05, 3.63) is 41.8 Å². The number of aromatic nitrogens is 1. The zero-order valence-corrected chi connectivity index (χ0v) is 13.8. The van der Waals surface area contributed by atoms with E-state index in [4.69, 9.17) is 9.26 Å². The first-order valence-electron chi connectivity index (χ1n) is 7.95. The Bertz CT molecular complexity index is 732. The predicted octanol–water partition coefficient (Wildman–Crippen LogP) is 2.83. The third kappa shape index (κ3) is 2.93. The highest BCUT2D eigenvalue weighted by molar-refractivity contribution is 8.00. The van der Waals surface area contributed by atoms with Gasteiger partial charge in [-0.05, 0) is 30.7 Å². The first-order chi connectivity index (χ1) is 11.7. The van der Waals surface area contributed by atoms with Gasteiger partial charge in [-0.15, -0.1) is 0 Å². The number of carbonyl (C=O) groups excluding carboxylic acids is 1. The fourth-order valence-electron chi connectivity index (χ4n) is 3.21. The van der Waals surface area contributed by atoms with Crippen molar-refractivity contribution in [2.75, 3.05) is 25.5 Å². The summed E-state index contributed by atoms with van der Waals surface area (Å²) in [6.07, 6.45) is 0.853. The summed E-state index contributed by atoms with van der Waals surface area (Å²) < 4.78 is 23.8. The van der Waals surface area contributed by atoms with Crippen LogP contribution in [0.4, 0.5) is 4.39 Å². The van der Waals surface area contributed by atoms with Crippen molar-refractivity contribution in [1.82, 2.24) is 10.1 Å². The Morgan fingerprint density at radius 3 is 3.00 bits per heavy atom. The van der Waals surface area contributed by atoms with Crippen LogP contribution in [-0.4, -0.2) is 52.8 Å². The average molecular weight is 348 g/mol. The van der Waals surface area contributed by atoms with Crippen LogP contribution < -0.4 is 0 Å². The van der Waals surface area contributed by atoms with E-state index in [1.165, 1.54) is 12.1 Å². The van der Waals surface area contributed by atoms with Crippen molar-refractivity contribution >= 4 is 17.7 Å². The Morgan fingerprint density at radius 1 is 1.33 bits per heavy atom. The van der Waals surface area contributed by atoms with E-state index in [0.29, 0.717) is 42.0 Å². The fourth-order valence-corrected chi connectivity index (χ4v) is 4.51. The molecule has 2 unspecified atom stereocenters. The van der Waals surface area contributed by atoms with Gasteiger partial charge in [0.15, 0.2) is 11.5 Å². The molecule has 2 aliphatic heterocycles. The molecule has 0 bridgehead atoms. The van der Waals surface area contributed by atoms with E-state index in [2.05, 4.69) is 5.16 Å². The molecule has 1 aromatic carbocycles. The average Bonchev–Trinajstić information content (AvgIpc) is 3.11. The molecule has 0 radical (unpaired) electrons. The van der Waals surface area contributed by atoms with Gasteiger partial charge in [0.25, 0.3) is 5.91 Å². The van der Waals surface area contributed by atoms with Gasteiger partial charge in [0.05, 0.1) is 6.61 Å². The summed E-state index contributed by atoms with van der Waals surface area (Å²) in [5.41, 5.74) is 0.993. The molecule has 2 aliphatic rings. The number of benzene rings is 1. The number of fused-ring (bicyclic) bond motifs is 1. The molecule has 24 heavy (non-hydrogen) atoms. The zero-order chi connectivity index (χ0) is 16.5. The second kappa shape index (κ2) is 6.57. The second-order valence-corrected chi connectivity index (χ2v) is 7.27. The lowest BCUT2D eigenvalue weighted by Crippen LogP contribution is -2.54. The quantitative estimate of drug-likeness (QED) is 0.835. The maximum absolute atomic E-state index is 13.0. The monoisotopic (exact) mass is 348 g/mol. The third-order valence-electron chi connectivity index (χ3n) is 4.45. The highest BCUT2D eigenvalue weighted by atomic mass is 32.2. The fraction of sp³-hybridized carbons (Fsp3) is 0.412. The Kier molecular flexibility index (Phi) is 4.28. The molecule has 1 aromatic heterocycles. The van der Waals surface area contributed by atoms with E-state index >= 15 is 0 Å². The number of nitrogens with zero attached hydrogens (tertiary/aromatic N) is 2. The van der Waals surface area contributed by atoms with Crippen LogP contribution in [0.3, 0.4) is 0 Å². The highest BCUT2D eigenvalue weighted by Crippen LogP contribution is 2.31. The van der Waals surface area contributed by atoms with Crippen molar-refractivity contribution in [2.24, 2.45) is 0 Å². The summed E-state index contributed by atoms with van der Waals surface area (Å²) >= 11 is 1.87. The van der Waals surface area contributed by atoms with E-state index in [-0.39, 0.29) is 17.8 Å². The Balaban J connectivity index is 1.55. The summed E-state index contributed by atoms with van der Waals surface area (Å²) in [5.74, 6) is 0.947. The standard InChI is InChI=1S/C17H17FN2O3S/c18-12-3-1-11(2-4-12)15-9-13(19-23-15)17(21)20-6-8-24-16-10-22-7-5-14(16)20/h1-4,9,14,16H,5-8,10H2. The van der Waals surface area contributed by atoms with E-state index in [9.17, 15) is 9.18 Å². The molecular formula is C17H17FN2O3S. The van der Waals surface area contributed by atoms with E-state index < -0.39 is 0 Å². The van der Waals surface area contributed by atoms with Gasteiger partial charge in [0.2, 0.25) is 0 Å².